The van der Waals surface area contributed by atoms with Crippen LogP contribution in [0.25, 0.3) is 0 Å². The molecule has 0 bridgehead atoms. The van der Waals surface area contributed by atoms with Crippen molar-refractivity contribution >= 4 is 17.7 Å². The number of carbonyl (C=O) groups is 3. The molecular formula is C25H30N4O4. The molecule has 2 aliphatic heterocycles. The van der Waals surface area contributed by atoms with Gasteiger partial charge in [-0.15, -0.1) is 0 Å². The minimum absolute atomic E-state index is 0.119. The number of fused-ring (bicyclic) bond motifs is 1. The summed E-state index contributed by atoms with van der Waals surface area (Å²) in [5.74, 6) is -0.757. The van der Waals surface area contributed by atoms with Crippen molar-refractivity contribution < 1.29 is 19.1 Å². The van der Waals surface area contributed by atoms with Crippen molar-refractivity contribution in [2.45, 2.75) is 43.6 Å². The molecule has 0 spiro atoms. The number of rotatable bonds is 7. The second-order valence-electron chi connectivity index (χ2n) is 8.37. The van der Waals surface area contributed by atoms with Crippen LogP contribution >= 0.6 is 0 Å². The van der Waals surface area contributed by atoms with Crippen LogP contribution < -0.4 is 16.0 Å². The van der Waals surface area contributed by atoms with Crippen molar-refractivity contribution in [1.82, 2.24) is 20.9 Å². The minimum Gasteiger partial charge on any atom is -0.358 e. The second kappa shape index (κ2) is 10.6. The van der Waals surface area contributed by atoms with Gasteiger partial charge in [0.1, 0.15) is 18.3 Å². The SMILES string of the molecule is CNCC(=O)N[C@H]1CCO[C@H]2CCC(C(=O)NC(c3ccccc3)c3ccccc3)N2C1=O. The lowest BCUT2D eigenvalue weighted by Crippen LogP contribution is -2.55. The van der Waals surface area contributed by atoms with Crippen LogP contribution in [0.15, 0.2) is 60.7 Å². The molecule has 3 atom stereocenters. The Morgan fingerprint density at radius 3 is 2.24 bits per heavy atom. The minimum atomic E-state index is -0.705. The molecule has 0 radical (unpaired) electrons. The molecule has 8 nitrogen and oxygen atoms in total. The Bertz CT molecular complexity index is 929. The van der Waals surface area contributed by atoms with Crippen molar-refractivity contribution in [3.8, 4) is 0 Å². The summed E-state index contributed by atoms with van der Waals surface area (Å²) in [7, 11) is 1.67. The van der Waals surface area contributed by atoms with Crippen LogP contribution in [0.2, 0.25) is 0 Å². The third-order valence-corrected chi connectivity index (χ3v) is 6.13. The van der Waals surface area contributed by atoms with Crippen molar-refractivity contribution in [2.24, 2.45) is 0 Å². The first-order valence-electron chi connectivity index (χ1n) is 11.4. The third kappa shape index (κ3) is 5.23. The Hall–Kier alpha value is -3.23. The molecule has 2 fully saturated rings. The van der Waals surface area contributed by atoms with Crippen molar-refractivity contribution in [3.63, 3.8) is 0 Å². The Morgan fingerprint density at radius 1 is 1.00 bits per heavy atom. The van der Waals surface area contributed by atoms with Gasteiger partial charge in [-0.05, 0) is 31.0 Å². The summed E-state index contributed by atoms with van der Waals surface area (Å²) < 4.78 is 5.88. The van der Waals surface area contributed by atoms with E-state index >= 15 is 0 Å². The topological polar surface area (TPSA) is 99.8 Å². The van der Waals surface area contributed by atoms with E-state index in [1.165, 1.54) is 4.90 Å². The van der Waals surface area contributed by atoms with Gasteiger partial charge in [-0.1, -0.05) is 60.7 Å². The van der Waals surface area contributed by atoms with E-state index < -0.39 is 18.3 Å². The van der Waals surface area contributed by atoms with E-state index in [1.54, 1.807) is 7.05 Å². The van der Waals surface area contributed by atoms with E-state index in [1.807, 2.05) is 60.7 Å². The highest BCUT2D eigenvalue weighted by Crippen LogP contribution is 2.30. The van der Waals surface area contributed by atoms with Crippen molar-refractivity contribution in [3.05, 3.63) is 71.8 Å². The van der Waals surface area contributed by atoms with E-state index in [2.05, 4.69) is 16.0 Å². The van der Waals surface area contributed by atoms with E-state index in [0.717, 1.165) is 11.1 Å². The molecule has 2 aromatic rings. The maximum absolute atomic E-state index is 13.5. The number of hydrogen-bond acceptors (Lipinski definition) is 5. The van der Waals surface area contributed by atoms with Crippen LogP contribution in [0, 0.1) is 0 Å². The van der Waals surface area contributed by atoms with Crippen LogP contribution in [0.5, 0.6) is 0 Å². The number of hydrogen-bond donors (Lipinski definition) is 3. The third-order valence-electron chi connectivity index (χ3n) is 6.13. The highest BCUT2D eigenvalue weighted by atomic mass is 16.5. The predicted molar refractivity (Wildman–Crippen MR) is 123 cm³/mol. The van der Waals surface area contributed by atoms with Gasteiger partial charge in [0.05, 0.1) is 19.2 Å². The van der Waals surface area contributed by atoms with Gasteiger partial charge in [0.25, 0.3) is 0 Å². The van der Waals surface area contributed by atoms with Gasteiger partial charge in [-0.25, -0.2) is 0 Å². The predicted octanol–water partition coefficient (Wildman–Crippen LogP) is 1.33. The summed E-state index contributed by atoms with van der Waals surface area (Å²) in [5.41, 5.74) is 1.92. The van der Waals surface area contributed by atoms with E-state index in [4.69, 9.17) is 4.74 Å². The Balaban J connectivity index is 1.54. The lowest BCUT2D eigenvalue weighted by Gasteiger charge is -2.31. The lowest BCUT2D eigenvalue weighted by atomic mass is 9.98. The van der Waals surface area contributed by atoms with E-state index in [-0.39, 0.29) is 30.3 Å². The van der Waals surface area contributed by atoms with Crippen LogP contribution in [0.3, 0.4) is 0 Å². The average Bonchev–Trinajstić information content (AvgIpc) is 3.20. The number of nitrogens with zero attached hydrogens (tertiary/aromatic N) is 1. The zero-order valence-corrected chi connectivity index (χ0v) is 18.7. The number of amides is 3. The molecule has 2 saturated heterocycles. The van der Waals surface area contributed by atoms with Gasteiger partial charge in [-0.3, -0.25) is 14.4 Å². The molecule has 0 aromatic heterocycles. The molecule has 2 aromatic carbocycles. The number of ether oxygens (including phenoxy) is 1. The van der Waals surface area contributed by atoms with E-state index in [0.29, 0.717) is 25.9 Å². The Kier molecular flexibility index (Phi) is 7.36. The summed E-state index contributed by atoms with van der Waals surface area (Å²) in [5, 5.41) is 8.71. The molecule has 33 heavy (non-hydrogen) atoms. The molecule has 1 unspecified atom stereocenters. The zero-order chi connectivity index (χ0) is 23.2. The molecule has 0 saturated carbocycles. The molecule has 3 N–H and O–H groups in total. The summed E-state index contributed by atoms with van der Waals surface area (Å²) in [6.07, 6.45) is 1.02. The maximum Gasteiger partial charge on any atom is 0.247 e. The fourth-order valence-corrected chi connectivity index (χ4v) is 4.55. The van der Waals surface area contributed by atoms with Gasteiger partial charge in [0.2, 0.25) is 17.7 Å². The van der Waals surface area contributed by atoms with Crippen molar-refractivity contribution in [1.29, 1.82) is 0 Å². The van der Waals surface area contributed by atoms with Gasteiger partial charge < -0.3 is 25.6 Å². The number of carbonyl (C=O) groups excluding carboxylic acids is 3. The largest absolute Gasteiger partial charge is 0.358 e. The summed E-state index contributed by atoms with van der Waals surface area (Å²) >= 11 is 0. The Labute approximate surface area is 193 Å². The number of nitrogens with one attached hydrogen (secondary N) is 3. The fourth-order valence-electron chi connectivity index (χ4n) is 4.55. The van der Waals surface area contributed by atoms with Crippen molar-refractivity contribution in [2.75, 3.05) is 20.2 Å². The molecular weight excluding hydrogens is 420 g/mol. The molecule has 8 heteroatoms. The van der Waals surface area contributed by atoms with Gasteiger partial charge in [-0.2, -0.15) is 0 Å². The fraction of sp³-hybridized carbons (Fsp3) is 0.400. The van der Waals surface area contributed by atoms with Gasteiger partial charge in [0, 0.05) is 6.42 Å². The molecule has 174 valence electrons. The standard InChI is InChI=1S/C25H30N4O4/c1-26-16-21(30)27-19-14-15-33-22-13-12-20(29(22)25(19)32)24(31)28-23(17-8-4-2-5-9-17)18-10-6-3-7-11-18/h2-11,19-20,22-23,26H,12-16H2,1H3,(H,27,30)(H,28,31)/t19-,20?,22-/m0/s1. The summed E-state index contributed by atoms with van der Waals surface area (Å²) in [6.45, 7) is 0.468. The van der Waals surface area contributed by atoms with Crippen LogP contribution in [0.4, 0.5) is 0 Å². The molecule has 2 heterocycles. The van der Waals surface area contributed by atoms with Crippen LogP contribution in [-0.4, -0.2) is 61.1 Å². The molecule has 3 amide bonds. The smallest absolute Gasteiger partial charge is 0.247 e. The first-order valence-corrected chi connectivity index (χ1v) is 11.4. The van der Waals surface area contributed by atoms with Gasteiger partial charge >= 0.3 is 0 Å². The lowest BCUT2D eigenvalue weighted by molar-refractivity contribution is -0.148. The second-order valence-corrected chi connectivity index (χ2v) is 8.37. The summed E-state index contributed by atoms with van der Waals surface area (Å²) in [4.78, 5) is 40.4. The molecule has 4 rings (SSSR count). The molecule has 0 aliphatic carbocycles. The average molecular weight is 451 g/mol. The quantitative estimate of drug-likeness (QED) is 0.591. The highest BCUT2D eigenvalue weighted by Gasteiger charge is 2.46. The first-order chi connectivity index (χ1) is 16.1. The maximum atomic E-state index is 13.5. The molecule has 2 aliphatic rings. The summed E-state index contributed by atoms with van der Waals surface area (Å²) in [6, 6.07) is 17.8. The Morgan fingerprint density at radius 2 is 1.64 bits per heavy atom. The normalized spacial score (nSPS) is 22.5. The van der Waals surface area contributed by atoms with E-state index in [9.17, 15) is 14.4 Å². The highest BCUT2D eigenvalue weighted by molar-refractivity contribution is 5.93. The number of benzene rings is 2. The zero-order valence-electron chi connectivity index (χ0n) is 18.7. The monoisotopic (exact) mass is 450 g/mol. The first kappa shape index (κ1) is 22.9. The van der Waals surface area contributed by atoms with Gasteiger partial charge in [0.15, 0.2) is 0 Å². The van der Waals surface area contributed by atoms with Crippen LogP contribution in [-0.2, 0) is 19.1 Å². The number of likely N-dealkylation sites (N-methyl/N-ethyl adjacent to an activating group) is 1. The van der Waals surface area contributed by atoms with Crippen LogP contribution in [0.1, 0.15) is 36.4 Å².